The van der Waals surface area contributed by atoms with Crippen LogP contribution in [-0.4, -0.2) is 37.8 Å². The number of anilines is 1. The van der Waals surface area contributed by atoms with Crippen LogP contribution in [0.25, 0.3) is 22.3 Å². The molecule has 146 valence electrons. The largest absolute Gasteiger partial charge is 0.439 e. The molecule has 0 radical (unpaired) electrons. The van der Waals surface area contributed by atoms with Crippen molar-refractivity contribution in [1.82, 2.24) is 30.0 Å². The van der Waals surface area contributed by atoms with Crippen molar-refractivity contribution in [3.05, 3.63) is 55.0 Å². The fourth-order valence-electron chi connectivity index (χ4n) is 3.69. The van der Waals surface area contributed by atoms with Gasteiger partial charge in [-0.15, -0.1) is 0 Å². The summed E-state index contributed by atoms with van der Waals surface area (Å²) in [4.78, 5) is 13.1. The molecule has 29 heavy (non-hydrogen) atoms. The van der Waals surface area contributed by atoms with Gasteiger partial charge < -0.3 is 15.8 Å². The zero-order valence-electron chi connectivity index (χ0n) is 15.8. The van der Waals surface area contributed by atoms with E-state index in [0.29, 0.717) is 11.7 Å². The molecule has 0 aliphatic carbocycles. The van der Waals surface area contributed by atoms with E-state index in [0.717, 1.165) is 54.0 Å². The molecule has 1 aliphatic rings. The van der Waals surface area contributed by atoms with E-state index in [-0.39, 0.29) is 6.04 Å². The van der Waals surface area contributed by atoms with Crippen LogP contribution in [0.15, 0.2) is 55.0 Å². The van der Waals surface area contributed by atoms with E-state index in [2.05, 4.69) is 20.3 Å². The molecule has 1 aliphatic heterocycles. The first kappa shape index (κ1) is 17.6. The molecular weight excluding hydrogens is 366 g/mol. The maximum absolute atomic E-state index is 6.21. The Morgan fingerprint density at radius 3 is 2.59 bits per heavy atom. The second-order valence-corrected chi connectivity index (χ2v) is 7.03. The van der Waals surface area contributed by atoms with E-state index < -0.39 is 0 Å². The van der Waals surface area contributed by atoms with Crippen LogP contribution >= 0.6 is 0 Å². The molecule has 0 unspecified atom stereocenters. The van der Waals surface area contributed by atoms with Gasteiger partial charge in [-0.2, -0.15) is 5.10 Å². The molecule has 5 rings (SSSR count). The van der Waals surface area contributed by atoms with Gasteiger partial charge in [-0.1, -0.05) is 18.2 Å². The van der Waals surface area contributed by atoms with Gasteiger partial charge in [-0.05, 0) is 44.1 Å². The predicted molar refractivity (Wildman–Crippen MR) is 111 cm³/mol. The zero-order valence-corrected chi connectivity index (χ0v) is 15.8. The lowest BCUT2D eigenvalue weighted by molar-refractivity contribution is 0.350. The van der Waals surface area contributed by atoms with E-state index in [1.54, 1.807) is 6.20 Å². The third-order valence-electron chi connectivity index (χ3n) is 5.15. The normalized spacial score (nSPS) is 14.9. The molecule has 0 spiro atoms. The Bertz CT molecular complexity index is 1120. The lowest BCUT2D eigenvalue weighted by Crippen LogP contribution is -2.30. The highest BCUT2D eigenvalue weighted by Crippen LogP contribution is 2.33. The number of benzene rings is 1. The number of fused-ring (bicyclic) bond motifs is 1. The summed E-state index contributed by atoms with van der Waals surface area (Å²) in [6.07, 6.45) is 5.25. The van der Waals surface area contributed by atoms with Crippen LogP contribution in [-0.2, 0) is 0 Å². The Kier molecular flexibility index (Phi) is 4.53. The van der Waals surface area contributed by atoms with Crippen molar-refractivity contribution in [2.24, 2.45) is 0 Å². The van der Waals surface area contributed by atoms with Crippen molar-refractivity contribution in [3.63, 3.8) is 0 Å². The van der Waals surface area contributed by atoms with Crippen LogP contribution in [0.1, 0.15) is 18.9 Å². The second-order valence-electron chi connectivity index (χ2n) is 7.03. The summed E-state index contributed by atoms with van der Waals surface area (Å²) >= 11 is 0. The number of piperidine rings is 1. The maximum atomic E-state index is 6.21. The van der Waals surface area contributed by atoms with E-state index in [4.69, 9.17) is 15.6 Å². The van der Waals surface area contributed by atoms with Gasteiger partial charge >= 0.3 is 0 Å². The number of hydrogen-bond acceptors (Lipinski definition) is 7. The topological polar surface area (TPSA) is 104 Å². The number of nitrogen functional groups attached to an aromatic ring is 1. The molecule has 0 amide bonds. The molecule has 1 fully saturated rings. The fourth-order valence-corrected chi connectivity index (χ4v) is 3.69. The second kappa shape index (κ2) is 7.48. The summed E-state index contributed by atoms with van der Waals surface area (Å²) < 4.78 is 7.79. The van der Waals surface area contributed by atoms with Crippen molar-refractivity contribution in [1.29, 1.82) is 0 Å². The van der Waals surface area contributed by atoms with Crippen molar-refractivity contribution in [3.8, 4) is 22.9 Å². The molecule has 0 atom stereocenters. The van der Waals surface area contributed by atoms with E-state index in [1.807, 2.05) is 47.1 Å². The molecular formula is C21H21N7O. The first-order chi connectivity index (χ1) is 14.3. The lowest BCUT2D eigenvalue weighted by atomic mass is 10.1. The van der Waals surface area contributed by atoms with Crippen molar-refractivity contribution >= 4 is 16.9 Å². The minimum atomic E-state index is 0.287. The molecule has 3 N–H and O–H groups in total. The minimum absolute atomic E-state index is 0.287. The van der Waals surface area contributed by atoms with Crippen LogP contribution in [0.4, 0.5) is 5.82 Å². The predicted octanol–water partition coefficient (Wildman–Crippen LogP) is 3.19. The fraction of sp³-hybridized carbons (Fsp3) is 0.238. The van der Waals surface area contributed by atoms with Crippen LogP contribution in [0.2, 0.25) is 0 Å². The van der Waals surface area contributed by atoms with Crippen LogP contribution in [0.3, 0.4) is 0 Å². The van der Waals surface area contributed by atoms with Gasteiger partial charge in [0.25, 0.3) is 0 Å². The van der Waals surface area contributed by atoms with E-state index in [9.17, 15) is 0 Å². The summed E-state index contributed by atoms with van der Waals surface area (Å²) in [5.74, 6) is 1.69. The highest BCUT2D eigenvalue weighted by molar-refractivity contribution is 5.98. The molecule has 8 heteroatoms. The van der Waals surface area contributed by atoms with Gasteiger partial charge in [-0.25, -0.2) is 19.6 Å². The molecule has 0 bridgehead atoms. The number of nitrogens with two attached hydrogens (primary N) is 1. The quantitative estimate of drug-likeness (QED) is 0.554. The number of hydrogen-bond donors (Lipinski definition) is 2. The highest BCUT2D eigenvalue weighted by atomic mass is 16.5. The minimum Gasteiger partial charge on any atom is -0.439 e. The number of ether oxygens (including phenoxy) is 1. The summed E-state index contributed by atoms with van der Waals surface area (Å²) in [5.41, 5.74) is 8.57. The van der Waals surface area contributed by atoms with Crippen molar-refractivity contribution in [2.75, 3.05) is 18.8 Å². The molecule has 1 saturated heterocycles. The van der Waals surface area contributed by atoms with Gasteiger partial charge in [0.1, 0.15) is 23.6 Å². The highest BCUT2D eigenvalue weighted by Gasteiger charge is 2.23. The van der Waals surface area contributed by atoms with Gasteiger partial charge in [-0.3, -0.25) is 0 Å². The van der Waals surface area contributed by atoms with Gasteiger partial charge in [0.15, 0.2) is 5.65 Å². The number of rotatable bonds is 4. The Hall–Kier alpha value is -3.52. The summed E-state index contributed by atoms with van der Waals surface area (Å²) in [5, 5.41) is 9.04. The van der Waals surface area contributed by atoms with Gasteiger partial charge in [0.2, 0.25) is 5.88 Å². The number of pyridine rings is 1. The molecule has 8 nitrogen and oxygen atoms in total. The van der Waals surface area contributed by atoms with Crippen LogP contribution in [0, 0.1) is 0 Å². The average molecular weight is 387 g/mol. The monoisotopic (exact) mass is 387 g/mol. The Balaban J connectivity index is 1.52. The number of nitrogens with one attached hydrogen (secondary N) is 1. The standard InChI is InChI=1S/C21H21N7O/c22-20-18-19(14-6-7-17(24-12-14)29-16-4-2-1-3-5-16)27-28(21(18)26-13-25-20)15-8-10-23-11-9-15/h1-7,12-13,15,23H,8-11H2,(H2,22,25,26). The van der Waals surface area contributed by atoms with Crippen LogP contribution < -0.4 is 15.8 Å². The third kappa shape index (κ3) is 3.38. The SMILES string of the molecule is Nc1ncnc2c1c(-c1ccc(Oc3ccccc3)nc1)nn2C1CCNCC1. The van der Waals surface area contributed by atoms with E-state index >= 15 is 0 Å². The smallest absolute Gasteiger partial charge is 0.219 e. The zero-order chi connectivity index (χ0) is 19.6. The Labute approximate surface area is 167 Å². The Morgan fingerprint density at radius 2 is 1.83 bits per heavy atom. The Morgan fingerprint density at radius 1 is 1.00 bits per heavy atom. The summed E-state index contributed by atoms with van der Waals surface area (Å²) in [6, 6.07) is 13.6. The first-order valence-electron chi connectivity index (χ1n) is 9.68. The number of aromatic nitrogens is 5. The number of nitrogens with zero attached hydrogens (tertiary/aromatic N) is 5. The van der Waals surface area contributed by atoms with Crippen molar-refractivity contribution in [2.45, 2.75) is 18.9 Å². The van der Waals surface area contributed by atoms with Crippen molar-refractivity contribution < 1.29 is 4.74 Å². The maximum Gasteiger partial charge on any atom is 0.219 e. The van der Waals surface area contributed by atoms with Gasteiger partial charge in [0.05, 0.1) is 11.4 Å². The summed E-state index contributed by atoms with van der Waals surface area (Å²) in [6.45, 7) is 1.93. The molecule has 4 heterocycles. The van der Waals surface area contributed by atoms with Gasteiger partial charge in [0, 0.05) is 17.8 Å². The summed E-state index contributed by atoms with van der Waals surface area (Å²) in [7, 11) is 0. The van der Waals surface area contributed by atoms with E-state index in [1.165, 1.54) is 6.33 Å². The third-order valence-corrected chi connectivity index (χ3v) is 5.15. The van der Waals surface area contributed by atoms with Crippen LogP contribution in [0.5, 0.6) is 11.6 Å². The first-order valence-corrected chi connectivity index (χ1v) is 9.68. The average Bonchev–Trinajstić information content (AvgIpc) is 3.17. The molecule has 3 aromatic heterocycles. The molecule has 0 saturated carbocycles. The lowest BCUT2D eigenvalue weighted by Gasteiger charge is -2.23. The number of para-hydroxylation sites is 1. The molecule has 4 aromatic rings. The molecule has 1 aromatic carbocycles.